The summed E-state index contributed by atoms with van der Waals surface area (Å²) in [6, 6.07) is 7.76. The van der Waals surface area contributed by atoms with Crippen LogP contribution < -0.4 is 5.32 Å². The maximum absolute atomic E-state index is 11.3. The molecule has 0 bridgehead atoms. The van der Waals surface area contributed by atoms with Gasteiger partial charge in [-0.25, -0.2) is 4.79 Å². The molecule has 2 rings (SSSR count). The lowest BCUT2D eigenvalue weighted by atomic mass is 9.72. The number of rotatable bonds is 1. The number of carboxylic acid groups (broad SMARTS) is 1. The van der Waals surface area contributed by atoms with Crippen LogP contribution in [0.3, 0.4) is 0 Å². The maximum Gasteiger partial charge on any atom is 0.329 e. The average molecular weight is 242 g/mol. The van der Waals surface area contributed by atoms with Crippen molar-refractivity contribution in [2.75, 3.05) is 5.32 Å². The minimum atomic E-state index is -0.934. The van der Waals surface area contributed by atoms with Gasteiger partial charge in [-0.05, 0) is 18.6 Å². The van der Waals surface area contributed by atoms with Crippen LogP contribution in [0.15, 0.2) is 24.3 Å². The summed E-state index contributed by atoms with van der Waals surface area (Å²) in [5.41, 5.74) is 0.647. The molecule has 0 saturated carbocycles. The monoisotopic (exact) mass is 241 g/mol. The number of hydrogen-bond acceptors (Lipinski definition) is 2. The highest BCUT2D eigenvalue weighted by Crippen LogP contribution is 2.46. The third-order valence-electron chi connectivity index (χ3n) is 3.66. The van der Waals surface area contributed by atoms with E-state index in [4.69, 9.17) is 0 Å². The molecule has 0 spiro atoms. The van der Waals surface area contributed by atoms with E-state index in [9.17, 15) is 9.90 Å². The summed E-state index contributed by atoms with van der Waals surface area (Å²) in [6.07, 6.45) is 0. The Labute approximate surface area is 101 Å². The summed E-state index contributed by atoms with van der Waals surface area (Å²) in [5, 5.41) is 12.4. The molecular weight excluding hydrogens is 226 g/mol. The van der Waals surface area contributed by atoms with Crippen LogP contribution in [0.5, 0.6) is 0 Å². The molecule has 0 radical (unpaired) electrons. The number of hydrogen-bond donors (Lipinski definition) is 2. The molecule has 1 aliphatic heterocycles. The van der Waals surface area contributed by atoms with Crippen LogP contribution in [0.2, 0.25) is 0 Å². The molecule has 1 atom stereocenters. The molecule has 1 unspecified atom stereocenters. The zero-order valence-electron chi connectivity index (χ0n) is 9.57. The molecule has 0 saturated heterocycles. The van der Waals surface area contributed by atoms with E-state index >= 15 is 0 Å². The van der Waals surface area contributed by atoms with Gasteiger partial charge in [0.1, 0.15) is 5.54 Å². The SMILES string of the molecule is CC1(C(=O)O)Nc2ccccc2C1(C)C.Cl. The van der Waals surface area contributed by atoms with Gasteiger partial charge in [0.15, 0.2) is 0 Å². The average Bonchev–Trinajstić information content (AvgIpc) is 2.37. The second-order valence-electron chi connectivity index (χ2n) is 4.73. The Kier molecular flexibility index (Phi) is 2.94. The number of halogens is 1. The van der Waals surface area contributed by atoms with Crippen LogP contribution in [-0.2, 0) is 10.2 Å². The standard InChI is InChI=1S/C12H15NO2.ClH/c1-11(2)8-6-4-5-7-9(8)13-12(11,3)10(14)15;/h4-7,13H,1-3H3,(H,14,15);1H. The molecule has 0 amide bonds. The molecule has 1 aromatic carbocycles. The number of carbonyl (C=O) groups is 1. The highest BCUT2D eigenvalue weighted by Gasteiger charge is 2.53. The van der Waals surface area contributed by atoms with Crippen molar-refractivity contribution in [3.8, 4) is 0 Å². The molecule has 0 fully saturated rings. The zero-order valence-corrected chi connectivity index (χ0v) is 10.4. The van der Waals surface area contributed by atoms with Crippen molar-refractivity contribution in [1.29, 1.82) is 0 Å². The Hall–Kier alpha value is -1.22. The summed E-state index contributed by atoms with van der Waals surface area (Å²) in [6.45, 7) is 5.65. The van der Waals surface area contributed by atoms with Gasteiger partial charge in [-0.15, -0.1) is 12.4 Å². The van der Waals surface area contributed by atoms with Gasteiger partial charge >= 0.3 is 5.97 Å². The largest absolute Gasteiger partial charge is 0.479 e. The van der Waals surface area contributed by atoms with Gasteiger partial charge < -0.3 is 10.4 Å². The van der Waals surface area contributed by atoms with Crippen LogP contribution in [0.1, 0.15) is 26.3 Å². The molecular formula is C12H16ClNO2. The first-order valence-electron chi connectivity index (χ1n) is 5.01. The van der Waals surface area contributed by atoms with E-state index in [2.05, 4.69) is 5.32 Å². The molecule has 16 heavy (non-hydrogen) atoms. The number of benzene rings is 1. The molecule has 1 heterocycles. The first kappa shape index (κ1) is 12.8. The van der Waals surface area contributed by atoms with E-state index in [0.29, 0.717) is 0 Å². The third kappa shape index (κ3) is 1.39. The fraction of sp³-hybridized carbons (Fsp3) is 0.417. The van der Waals surface area contributed by atoms with Gasteiger partial charge in [-0.1, -0.05) is 32.0 Å². The lowest BCUT2D eigenvalue weighted by Gasteiger charge is -2.34. The molecule has 4 heteroatoms. The zero-order chi connectivity index (χ0) is 11.3. The van der Waals surface area contributed by atoms with Crippen LogP contribution in [0.25, 0.3) is 0 Å². The highest BCUT2D eigenvalue weighted by molar-refractivity contribution is 5.89. The smallest absolute Gasteiger partial charge is 0.329 e. The van der Waals surface area contributed by atoms with Crippen molar-refractivity contribution in [3.05, 3.63) is 29.8 Å². The number of nitrogens with one attached hydrogen (secondary N) is 1. The quantitative estimate of drug-likeness (QED) is 0.795. The lowest BCUT2D eigenvalue weighted by Crippen LogP contribution is -2.53. The predicted octanol–water partition coefficient (Wildman–Crippen LogP) is 2.65. The summed E-state index contributed by atoms with van der Waals surface area (Å²) >= 11 is 0. The number of para-hydroxylation sites is 1. The maximum atomic E-state index is 11.3. The van der Waals surface area contributed by atoms with Crippen molar-refractivity contribution >= 4 is 24.1 Å². The van der Waals surface area contributed by atoms with E-state index in [1.54, 1.807) is 6.92 Å². The molecule has 3 nitrogen and oxygen atoms in total. The minimum Gasteiger partial charge on any atom is -0.479 e. The molecule has 2 N–H and O–H groups in total. The van der Waals surface area contributed by atoms with Crippen molar-refractivity contribution in [3.63, 3.8) is 0 Å². The van der Waals surface area contributed by atoms with Gasteiger partial charge in [-0.2, -0.15) is 0 Å². The molecule has 0 aliphatic carbocycles. The lowest BCUT2D eigenvalue weighted by molar-refractivity contribution is -0.143. The highest BCUT2D eigenvalue weighted by atomic mass is 35.5. The predicted molar refractivity (Wildman–Crippen MR) is 66.4 cm³/mol. The van der Waals surface area contributed by atoms with Crippen LogP contribution in [0, 0.1) is 0 Å². The second kappa shape index (κ2) is 3.67. The second-order valence-corrected chi connectivity index (χ2v) is 4.73. The van der Waals surface area contributed by atoms with E-state index in [1.807, 2.05) is 38.1 Å². The van der Waals surface area contributed by atoms with Crippen molar-refractivity contribution in [2.24, 2.45) is 0 Å². The fourth-order valence-corrected chi connectivity index (χ4v) is 2.15. The van der Waals surface area contributed by atoms with Gasteiger partial charge in [0.05, 0.1) is 0 Å². The Balaban J connectivity index is 0.00000128. The Morgan fingerprint density at radius 3 is 2.31 bits per heavy atom. The van der Waals surface area contributed by atoms with Gasteiger partial charge in [-0.3, -0.25) is 0 Å². The van der Waals surface area contributed by atoms with Crippen molar-refractivity contribution in [1.82, 2.24) is 0 Å². The fourth-order valence-electron chi connectivity index (χ4n) is 2.15. The minimum absolute atomic E-state index is 0. The summed E-state index contributed by atoms with van der Waals surface area (Å²) in [7, 11) is 0. The number of anilines is 1. The summed E-state index contributed by atoms with van der Waals surface area (Å²) in [5.74, 6) is -0.816. The number of carboxylic acids is 1. The van der Waals surface area contributed by atoms with Crippen LogP contribution in [0.4, 0.5) is 5.69 Å². The molecule has 88 valence electrons. The first-order valence-corrected chi connectivity index (χ1v) is 5.01. The Bertz CT molecular complexity index is 431. The van der Waals surface area contributed by atoms with E-state index in [-0.39, 0.29) is 12.4 Å². The number of fused-ring (bicyclic) bond motifs is 1. The Morgan fingerprint density at radius 2 is 1.81 bits per heavy atom. The van der Waals surface area contributed by atoms with E-state index in [1.165, 1.54) is 0 Å². The van der Waals surface area contributed by atoms with Gasteiger partial charge in [0.2, 0.25) is 0 Å². The summed E-state index contributed by atoms with van der Waals surface area (Å²) in [4.78, 5) is 11.3. The van der Waals surface area contributed by atoms with Crippen LogP contribution >= 0.6 is 12.4 Å². The molecule has 1 aromatic rings. The van der Waals surface area contributed by atoms with E-state index in [0.717, 1.165) is 11.3 Å². The topological polar surface area (TPSA) is 49.3 Å². The molecule has 1 aliphatic rings. The van der Waals surface area contributed by atoms with E-state index < -0.39 is 16.9 Å². The van der Waals surface area contributed by atoms with Gasteiger partial charge in [0.25, 0.3) is 0 Å². The first-order chi connectivity index (χ1) is 6.89. The van der Waals surface area contributed by atoms with Crippen LogP contribution in [-0.4, -0.2) is 16.6 Å². The van der Waals surface area contributed by atoms with Crippen molar-refractivity contribution < 1.29 is 9.90 Å². The number of aliphatic carboxylic acids is 1. The third-order valence-corrected chi connectivity index (χ3v) is 3.66. The normalized spacial score (nSPS) is 25.2. The molecule has 0 aromatic heterocycles. The Morgan fingerprint density at radius 1 is 1.25 bits per heavy atom. The summed E-state index contributed by atoms with van der Waals surface area (Å²) < 4.78 is 0. The van der Waals surface area contributed by atoms with Crippen molar-refractivity contribution in [2.45, 2.75) is 31.7 Å². The van der Waals surface area contributed by atoms with Gasteiger partial charge in [0, 0.05) is 11.1 Å².